The predicted molar refractivity (Wildman–Crippen MR) is 83.3 cm³/mol. The van der Waals surface area contributed by atoms with Crippen LogP contribution in [-0.4, -0.2) is 12.6 Å². The number of carbonyl (C=O) groups excluding carboxylic acids is 1. The normalized spacial score (nSPS) is 10.2. The Morgan fingerprint density at radius 3 is 2.71 bits per heavy atom. The first-order valence-corrected chi connectivity index (χ1v) is 6.98. The topological polar surface area (TPSA) is 41.1 Å². The predicted octanol–water partition coefficient (Wildman–Crippen LogP) is 4.15. The molecule has 0 aliphatic rings. The molecule has 110 valence electrons. The van der Waals surface area contributed by atoms with Crippen molar-refractivity contribution in [2.45, 2.75) is 13.3 Å². The molecule has 0 bridgehead atoms. The number of anilines is 1. The Kier molecular flexibility index (Phi) is 5.17. The highest BCUT2D eigenvalue weighted by Crippen LogP contribution is 2.19. The van der Waals surface area contributed by atoms with Gasteiger partial charge in [0.1, 0.15) is 5.82 Å². The Labute approximate surface area is 128 Å². The Bertz CT molecular complexity index is 646. The van der Waals surface area contributed by atoms with Crippen LogP contribution >= 0.6 is 11.6 Å². The number of hydrogen-bond donors (Lipinski definition) is 2. The molecule has 0 saturated heterocycles. The van der Waals surface area contributed by atoms with E-state index < -0.39 is 0 Å². The zero-order valence-electron chi connectivity index (χ0n) is 11.6. The van der Waals surface area contributed by atoms with Crippen molar-refractivity contribution < 1.29 is 9.18 Å². The van der Waals surface area contributed by atoms with E-state index in [1.165, 1.54) is 6.07 Å². The molecule has 2 amide bonds. The minimum absolute atomic E-state index is 0.256. The van der Waals surface area contributed by atoms with Gasteiger partial charge in [-0.25, -0.2) is 9.18 Å². The molecule has 0 unspecified atom stereocenters. The van der Waals surface area contributed by atoms with Gasteiger partial charge in [0.15, 0.2) is 0 Å². The van der Waals surface area contributed by atoms with Gasteiger partial charge in [0.2, 0.25) is 0 Å². The second kappa shape index (κ2) is 7.09. The van der Waals surface area contributed by atoms with E-state index in [0.29, 0.717) is 29.2 Å². The van der Waals surface area contributed by atoms with Crippen molar-refractivity contribution in [2.24, 2.45) is 0 Å². The number of hydrogen-bond acceptors (Lipinski definition) is 1. The molecule has 2 rings (SSSR count). The van der Waals surface area contributed by atoms with Crippen LogP contribution in [0, 0.1) is 12.7 Å². The van der Waals surface area contributed by atoms with Crippen LogP contribution in [-0.2, 0) is 6.42 Å². The molecule has 0 spiro atoms. The van der Waals surface area contributed by atoms with Gasteiger partial charge >= 0.3 is 6.03 Å². The number of rotatable bonds is 4. The van der Waals surface area contributed by atoms with Crippen molar-refractivity contribution in [3.05, 3.63) is 64.4 Å². The van der Waals surface area contributed by atoms with Crippen molar-refractivity contribution in [2.75, 3.05) is 11.9 Å². The lowest BCUT2D eigenvalue weighted by Crippen LogP contribution is -2.30. The second-order valence-electron chi connectivity index (χ2n) is 4.68. The minimum Gasteiger partial charge on any atom is -0.338 e. The van der Waals surface area contributed by atoms with Crippen LogP contribution in [0.2, 0.25) is 5.02 Å². The molecule has 2 N–H and O–H groups in total. The zero-order chi connectivity index (χ0) is 15.2. The van der Waals surface area contributed by atoms with Gasteiger partial charge in [0.25, 0.3) is 0 Å². The summed E-state index contributed by atoms with van der Waals surface area (Å²) in [5.74, 6) is -0.256. The summed E-state index contributed by atoms with van der Waals surface area (Å²) in [5, 5.41) is 6.06. The Hall–Kier alpha value is -2.07. The number of benzene rings is 2. The van der Waals surface area contributed by atoms with E-state index in [1.54, 1.807) is 36.4 Å². The van der Waals surface area contributed by atoms with Crippen LogP contribution in [0.15, 0.2) is 42.5 Å². The Morgan fingerprint density at radius 1 is 1.24 bits per heavy atom. The van der Waals surface area contributed by atoms with Gasteiger partial charge in [-0.1, -0.05) is 29.8 Å². The van der Waals surface area contributed by atoms with Crippen molar-refractivity contribution in [1.82, 2.24) is 5.32 Å². The summed E-state index contributed by atoms with van der Waals surface area (Å²) in [7, 11) is 0. The Morgan fingerprint density at radius 2 is 2.00 bits per heavy atom. The van der Waals surface area contributed by atoms with E-state index >= 15 is 0 Å². The molecular formula is C16H16ClFN2O. The molecule has 0 saturated carbocycles. The van der Waals surface area contributed by atoms with E-state index in [9.17, 15) is 9.18 Å². The maximum absolute atomic E-state index is 13.4. The van der Waals surface area contributed by atoms with Crippen LogP contribution in [0.5, 0.6) is 0 Å². The fourth-order valence-corrected chi connectivity index (χ4v) is 2.17. The van der Waals surface area contributed by atoms with Gasteiger partial charge in [-0.15, -0.1) is 0 Å². The molecule has 0 radical (unpaired) electrons. The lowest BCUT2D eigenvalue weighted by Gasteiger charge is -2.10. The molecule has 0 atom stereocenters. The molecule has 3 nitrogen and oxygen atoms in total. The van der Waals surface area contributed by atoms with Gasteiger partial charge in [-0.2, -0.15) is 0 Å². The number of carbonyl (C=O) groups is 1. The van der Waals surface area contributed by atoms with Gasteiger partial charge in [-0.05, 0) is 48.7 Å². The number of aryl methyl sites for hydroxylation is 1. The second-order valence-corrected chi connectivity index (χ2v) is 5.12. The molecule has 5 heteroatoms. The molecule has 0 aliphatic heterocycles. The van der Waals surface area contributed by atoms with Crippen molar-refractivity contribution in [1.29, 1.82) is 0 Å². The van der Waals surface area contributed by atoms with E-state index in [-0.39, 0.29) is 11.8 Å². The van der Waals surface area contributed by atoms with Crippen LogP contribution in [0.3, 0.4) is 0 Å². The third kappa shape index (κ3) is 4.46. The summed E-state index contributed by atoms with van der Waals surface area (Å²) < 4.78 is 13.4. The maximum Gasteiger partial charge on any atom is 0.319 e. The monoisotopic (exact) mass is 306 g/mol. The van der Waals surface area contributed by atoms with Crippen molar-refractivity contribution in [3.8, 4) is 0 Å². The van der Waals surface area contributed by atoms with E-state index in [4.69, 9.17) is 11.6 Å². The van der Waals surface area contributed by atoms with Crippen molar-refractivity contribution in [3.63, 3.8) is 0 Å². The third-order valence-electron chi connectivity index (χ3n) is 3.07. The summed E-state index contributed by atoms with van der Waals surface area (Å²) in [6.45, 7) is 2.22. The fourth-order valence-electron chi connectivity index (χ4n) is 1.95. The molecule has 2 aromatic carbocycles. The molecule has 0 fully saturated rings. The summed E-state index contributed by atoms with van der Waals surface area (Å²) in [6.07, 6.45) is 0.444. The highest BCUT2D eigenvalue weighted by molar-refractivity contribution is 6.30. The lowest BCUT2D eigenvalue weighted by molar-refractivity contribution is 0.252. The van der Waals surface area contributed by atoms with Crippen LogP contribution in [0.4, 0.5) is 14.9 Å². The summed E-state index contributed by atoms with van der Waals surface area (Å²) in [5.41, 5.74) is 2.16. The van der Waals surface area contributed by atoms with E-state index in [1.807, 2.05) is 6.92 Å². The van der Waals surface area contributed by atoms with Gasteiger partial charge in [0, 0.05) is 17.3 Å². The van der Waals surface area contributed by atoms with Gasteiger partial charge in [-0.3, -0.25) is 0 Å². The number of halogens is 2. The molecule has 2 aromatic rings. The van der Waals surface area contributed by atoms with E-state index in [0.717, 1.165) is 5.56 Å². The van der Waals surface area contributed by atoms with Crippen LogP contribution in [0.1, 0.15) is 11.1 Å². The van der Waals surface area contributed by atoms with Crippen molar-refractivity contribution >= 4 is 23.3 Å². The first kappa shape index (κ1) is 15.3. The largest absolute Gasteiger partial charge is 0.338 e. The van der Waals surface area contributed by atoms with Crippen LogP contribution < -0.4 is 10.6 Å². The summed E-state index contributed by atoms with van der Waals surface area (Å²) in [6, 6.07) is 11.4. The zero-order valence-corrected chi connectivity index (χ0v) is 12.4. The molecule has 0 aliphatic carbocycles. The average molecular weight is 307 g/mol. The Balaban J connectivity index is 1.84. The highest BCUT2D eigenvalue weighted by atomic mass is 35.5. The molecule has 0 aromatic heterocycles. The SMILES string of the molecule is Cc1cc(Cl)ccc1NC(=O)NCCc1ccccc1F. The third-order valence-corrected chi connectivity index (χ3v) is 3.31. The average Bonchev–Trinajstić information content (AvgIpc) is 2.44. The lowest BCUT2D eigenvalue weighted by atomic mass is 10.1. The van der Waals surface area contributed by atoms with Gasteiger partial charge < -0.3 is 10.6 Å². The maximum atomic E-state index is 13.4. The number of nitrogens with one attached hydrogen (secondary N) is 2. The first-order chi connectivity index (χ1) is 10.1. The molecule has 0 heterocycles. The first-order valence-electron chi connectivity index (χ1n) is 6.60. The van der Waals surface area contributed by atoms with Crippen LogP contribution in [0.25, 0.3) is 0 Å². The van der Waals surface area contributed by atoms with E-state index in [2.05, 4.69) is 10.6 Å². The molecule has 21 heavy (non-hydrogen) atoms. The smallest absolute Gasteiger partial charge is 0.319 e. The standard InChI is InChI=1S/C16H16ClFN2O/c1-11-10-13(17)6-7-15(11)20-16(21)19-9-8-12-4-2-3-5-14(12)18/h2-7,10H,8-9H2,1H3,(H2,19,20,21). The highest BCUT2D eigenvalue weighted by Gasteiger charge is 2.05. The summed E-state index contributed by atoms with van der Waals surface area (Å²) in [4.78, 5) is 11.8. The molecular weight excluding hydrogens is 291 g/mol. The summed E-state index contributed by atoms with van der Waals surface area (Å²) >= 11 is 5.86. The number of urea groups is 1. The fraction of sp³-hybridized carbons (Fsp3) is 0.188. The van der Waals surface area contributed by atoms with Gasteiger partial charge in [0.05, 0.1) is 0 Å². The quantitative estimate of drug-likeness (QED) is 0.875. The number of amides is 2. The minimum atomic E-state index is -0.322.